The number of nitrogens with one attached hydrogen (secondary N) is 1. The Labute approximate surface area is 56.5 Å². The van der Waals surface area contributed by atoms with Gasteiger partial charge >= 0.3 is 56.2 Å². The van der Waals surface area contributed by atoms with E-state index in [9.17, 15) is 0 Å². The van der Waals surface area contributed by atoms with Gasteiger partial charge in [-0.2, -0.15) is 0 Å². The summed E-state index contributed by atoms with van der Waals surface area (Å²) in [5.41, 5.74) is 0. The Hall–Kier alpha value is 0.690. The maximum atomic E-state index is 3.41. The molecule has 0 saturated carbocycles. The first kappa shape index (κ1) is 7.69. The Bertz CT molecular complexity index is 39.1. The van der Waals surface area contributed by atoms with Crippen molar-refractivity contribution in [2.45, 2.75) is 26.3 Å². The molecular formula is C5H13IN-. The van der Waals surface area contributed by atoms with E-state index < -0.39 is 0 Å². The Morgan fingerprint density at radius 2 is 2.29 bits per heavy atom. The molecule has 1 unspecified atom stereocenters. The summed E-state index contributed by atoms with van der Waals surface area (Å²) in [5.74, 6) is 0. The molecule has 0 aliphatic heterocycles. The minimum atomic E-state index is 0.311. The van der Waals surface area contributed by atoms with Crippen LogP contribution in [-0.2, 0) is 0 Å². The molecule has 1 N–H and O–H groups in total. The molecular weight excluding hydrogens is 201 g/mol. The van der Waals surface area contributed by atoms with Gasteiger partial charge in [0.25, 0.3) is 0 Å². The van der Waals surface area contributed by atoms with Crippen LogP contribution in [0.15, 0.2) is 0 Å². The fraction of sp³-hybridized carbons (Fsp3) is 1.00. The SMILES string of the molecule is CCC(C)N[I-]C. The topological polar surface area (TPSA) is 12.0 Å². The van der Waals surface area contributed by atoms with Crippen molar-refractivity contribution in [2.24, 2.45) is 0 Å². The summed E-state index contributed by atoms with van der Waals surface area (Å²) < 4.78 is 3.41. The first-order chi connectivity index (χ1) is 3.31. The van der Waals surface area contributed by atoms with Crippen molar-refractivity contribution < 1.29 is 21.5 Å². The van der Waals surface area contributed by atoms with Crippen molar-refractivity contribution in [2.75, 3.05) is 4.93 Å². The predicted molar refractivity (Wildman–Crippen MR) is 28.8 cm³/mol. The predicted octanol–water partition coefficient (Wildman–Crippen LogP) is -1.99. The second-order valence-electron chi connectivity index (χ2n) is 1.61. The molecule has 46 valence electrons. The van der Waals surface area contributed by atoms with Gasteiger partial charge < -0.3 is 0 Å². The summed E-state index contributed by atoms with van der Waals surface area (Å²) in [5, 5.41) is 0. The third-order valence-electron chi connectivity index (χ3n) is 0.908. The molecule has 0 aromatic rings. The molecule has 0 spiro atoms. The molecule has 1 nitrogen and oxygen atoms in total. The van der Waals surface area contributed by atoms with Crippen molar-refractivity contribution in [3.63, 3.8) is 0 Å². The van der Waals surface area contributed by atoms with Crippen LogP contribution >= 0.6 is 0 Å². The number of alkyl halides is 1. The molecule has 0 fully saturated rings. The van der Waals surface area contributed by atoms with Crippen LogP contribution in [0.4, 0.5) is 0 Å². The Morgan fingerprint density at radius 3 is 2.43 bits per heavy atom. The van der Waals surface area contributed by atoms with E-state index in [-0.39, 0.29) is 0 Å². The Kier molecular flexibility index (Phi) is 5.32. The van der Waals surface area contributed by atoms with E-state index in [0.717, 1.165) is 6.04 Å². The van der Waals surface area contributed by atoms with Crippen molar-refractivity contribution in [3.8, 4) is 0 Å². The third-order valence-corrected chi connectivity index (χ3v) is 2.59. The van der Waals surface area contributed by atoms with E-state index in [4.69, 9.17) is 0 Å². The maximum absolute atomic E-state index is 3.41. The molecule has 0 aromatic carbocycles. The molecule has 0 saturated heterocycles. The van der Waals surface area contributed by atoms with E-state index in [2.05, 4.69) is 22.3 Å². The average Bonchev–Trinajstić information content (AvgIpc) is 1.68. The van der Waals surface area contributed by atoms with Gasteiger partial charge in [-0.3, -0.25) is 0 Å². The molecule has 0 amide bonds. The normalized spacial score (nSPS) is 14.7. The summed E-state index contributed by atoms with van der Waals surface area (Å²) in [6.45, 7) is 4.43. The van der Waals surface area contributed by atoms with E-state index in [1.807, 2.05) is 0 Å². The number of rotatable bonds is 3. The fourth-order valence-corrected chi connectivity index (χ4v) is 1.77. The van der Waals surface area contributed by atoms with Crippen LogP contribution < -0.4 is 25.0 Å². The van der Waals surface area contributed by atoms with Gasteiger partial charge in [0.1, 0.15) is 0 Å². The molecule has 0 aliphatic rings. The van der Waals surface area contributed by atoms with Gasteiger partial charge in [0.05, 0.1) is 0 Å². The molecule has 0 aromatic heterocycles. The second-order valence-corrected chi connectivity index (χ2v) is 3.31. The van der Waals surface area contributed by atoms with E-state index in [1.165, 1.54) is 6.42 Å². The van der Waals surface area contributed by atoms with Crippen molar-refractivity contribution in [3.05, 3.63) is 0 Å². The van der Waals surface area contributed by atoms with E-state index >= 15 is 0 Å². The molecule has 0 aliphatic carbocycles. The Morgan fingerprint density at radius 1 is 1.71 bits per heavy atom. The van der Waals surface area contributed by atoms with Gasteiger partial charge in [-0.1, -0.05) is 0 Å². The van der Waals surface area contributed by atoms with Gasteiger partial charge in [0.15, 0.2) is 0 Å². The number of hydrogen-bond donors (Lipinski definition) is 1. The number of halogens is 1. The van der Waals surface area contributed by atoms with E-state index in [0.29, 0.717) is 21.5 Å². The van der Waals surface area contributed by atoms with Crippen LogP contribution in [0.1, 0.15) is 20.3 Å². The monoisotopic (exact) mass is 214 g/mol. The van der Waals surface area contributed by atoms with Gasteiger partial charge in [0, 0.05) is 0 Å². The van der Waals surface area contributed by atoms with Crippen LogP contribution in [0.3, 0.4) is 0 Å². The summed E-state index contributed by atoms with van der Waals surface area (Å²) in [7, 11) is 0. The standard InChI is InChI=1S/C5H13IN/c1-4-5(2)7-6-3/h5,7H,4H2,1-3H3/q-1. The second kappa shape index (κ2) is 4.84. The molecule has 0 rings (SSSR count). The van der Waals surface area contributed by atoms with Gasteiger partial charge in [0.2, 0.25) is 0 Å². The van der Waals surface area contributed by atoms with Crippen LogP contribution in [-0.4, -0.2) is 11.0 Å². The third kappa shape index (κ3) is 4.55. The summed E-state index contributed by atoms with van der Waals surface area (Å²) in [6, 6.07) is 0.748. The zero-order valence-corrected chi connectivity index (χ0v) is 7.32. The van der Waals surface area contributed by atoms with Crippen LogP contribution in [0, 0.1) is 0 Å². The molecule has 0 heterocycles. The summed E-state index contributed by atoms with van der Waals surface area (Å²) >= 11 is 0.311. The fourth-order valence-electron chi connectivity index (χ4n) is 0.263. The first-order valence-corrected chi connectivity index (χ1v) is 5.78. The zero-order valence-electron chi connectivity index (χ0n) is 5.16. The summed E-state index contributed by atoms with van der Waals surface area (Å²) in [4.78, 5) is 2.24. The molecule has 0 radical (unpaired) electrons. The van der Waals surface area contributed by atoms with Gasteiger partial charge in [-0.15, -0.1) is 0 Å². The first-order valence-electron chi connectivity index (χ1n) is 2.55. The quantitative estimate of drug-likeness (QED) is 0.326. The molecule has 0 bridgehead atoms. The van der Waals surface area contributed by atoms with Gasteiger partial charge in [-0.25, -0.2) is 0 Å². The van der Waals surface area contributed by atoms with Crippen molar-refractivity contribution >= 4 is 0 Å². The van der Waals surface area contributed by atoms with Crippen LogP contribution in [0.2, 0.25) is 0 Å². The van der Waals surface area contributed by atoms with Crippen LogP contribution in [0.25, 0.3) is 0 Å². The van der Waals surface area contributed by atoms with Crippen LogP contribution in [0.5, 0.6) is 0 Å². The molecule has 1 atom stereocenters. The molecule has 7 heavy (non-hydrogen) atoms. The van der Waals surface area contributed by atoms with Crippen molar-refractivity contribution in [1.82, 2.24) is 3.53 Å². The van der Waals surface area contributed by atoms with E-state index in [1.54, 1.807) is 0 Å². The van der Waals surface area contributed by atoms with Crippen molar-refractivity contribution in [1.29, 1.82) is 0 Å². The summed E-state index contributed by atoms with van der Waals surface area (Å²) in [6.07, 6.45) is 1.26. The zero-order chi connectivity index (χ0) is 5.70. The Balaban J connectivity index is 2.83. The molecule has 2 heteroatoms. The minimum absolute atomic E-state index is 0.311. The van der Waals surface area contributed by atoms with Gasteiger partial charge in [-0.05, 0) is 0 Å². The number of hydrogen-bond acceptors (Lipinski definition) is 1. The average molecular weight is 214 g/mol.